The van der Waals surface area contributed by atoms with Gasteiger partial charge in [0.15, 0.2) is 0 Å². The first-order valence-corrected chi connectivity index (χ1v) is 11.6. The van der Waals surface area contributed by atoms with E-state index < -0.39 is 40.4 Å². The molecule has 2 N–H and O–H groups in total. The van der Waals surface area contributed by atoms with E-state index in [1.165, 1.54) is 32.0 Å². The lowest BCUT2D eigenvalue weighted by molar-refractivity contribution is -0.143. The number of pyridine rings is 1. The van der Waals surface area contributed by atoms with Crippen molar-refractivity contribution < 1.29 is 36.2 Å². The molecule has 0 unspecified atom stereocenters. The maximum atomic E-state index is 13.7. The van der Waals surface area contributed by atoms with E-state index in [0.29, 0.717) is 29.2 Å². The molecule has 204 valence electrons. The maximum absolute atomic E-state index is 13.7. The van der Waals surface area contributed by atoms with Crippen LogP contribution in [0.3, 0.4) is 0 Å². The zero-order chi connectivity index (χ0) is 28.5. The second-order valence-electron chi connectivity index (χ2n) is 9.34. The van der Waals surface area contributed by atoms with Crippen molar-refractivity contribution in [1.29, 1.82) is 0 Å². The summed E-state index contributed by atoms with van der Waals surface area (Å²) in [5.74, 6) is -0.327. The lowest BCUT2D eigenvalue weighted by Crippen LogP contribution is -2.42. The van der Waals surface area contributed by atoms with Crippen LogP contribution < -0.4 is 10.2 Å². The summed E-state index contributed by atoms with van der Waals surface area (Å²) in [5.41, 5.74) is -2.72. The molecule has 0 aliphatic rings. The van der Waals surface area contributed by atoms with Gasteiger partial charge in [0.25, 0.3) is 0 Å². The van der Waals surface area contributed by atoms with E-state index in [1.54, 1.807) is 12.1 Å². The largest absolute Gasteiger partial charge is 0.416 e. The highest BCUT2D eigenvalue weighted by Crippen LogP contribution is 2.41. The number of benzene rings is 2. The molecule has 2 aromatic carbocycles. The number of aryl methyl sites for hydroxylation is 1. The molecule has 0 aliphatic heterocycles. The number of hydrogen-bond acceptors (Lipinski definition) is 4. The van der Waals surface area contributed by atoms with Gasteiger partial charge in [-0.3, -0.25) is 4.79 Å². The van der Waals surface area contributed by atoms with Crippen LogP contribution in [0, 0.1) is 6.92 Å². The minimum Gasteiger partial charge on any atom is -0.395 e. The molecule has 1 aromatic heterocycles. The second-order valence-corrected chi connectivity index (χ2v) is 9.34. The highest BCUT2D eigenvalue weighted by Gasteiger charge is 2.41. The number of aliphatic hydroxyl groups is 1. The fourth-order valence-electron chi connectivity index (χ4n) is 4.05. The Kier molecular flexibility index (Phi) is 8.11. The maximum Gasteiger partial charge on any atom is 0.416 e. The van der Waals surface area contributed by atoms with Crippen LogP contribution in [0.4, 0.5) is 37.8 Å². The zero-order valence-electron chi connectivity index (χ0n) is 21.1. The van der Waals surface area contributed by atoms with Gasteiger partial charge in [-0.1, -0.05) is 24.3 Å². The number of rotatable bonds is 7. The third kappa shape index (κ3) is 6.09. The Balaban J connectivity index is 2.13. The van der Waals surface area contributed by atoms with Gasteiger partial charge in [0.2, 0.25) is 5.91 Å². The van der Waals surface area contributed by atoms with Gasteiger partial charge in [0, 0.05) is 19.2 Å². The number of carbonyl (C=O) groups excluding carboxylic acids is 1. The van der Waals surface area contributed by atoms with Crippen LogP contribution in [0.5, 0.6) is 0 Å². The van der Waals surface area contributed by atoms with Crippen molar-refractivity contribution in [3.05, 3.63) is 77.0 Å². The summed E-state index contributed by atoms with van der Waals surface area (Å²) in [6, 6.07) is 10.1. The molecule has 0 radical (unpaired) electrons. The number of hydrogen-bond donors (Lipinski definition) is 2. The topological polar surface area (TPSA) is 65.5 Å². The Morgan fingerprint density at radius 3 is 2.00 bits per heavy atom. The van der Waals surface area contributed by atoms with Crippen LogP contribution in [-0.2, 0) is 22.6 Å². The Morgan fingerprint density at radius 2 is 1.47 bits per heavy atom. The van der Waals surface area contributed by atoms with Crippen LogP contribution >= 0.6 is 0 Å². The lowest BCUT2D eigenvalue weighted by atomic mass is 9.81. The number of halogens is 6. The average molecular weight is 540 g/mol. The number of amides is 1. The molecular weight excluding hydrogens is 512 g/mol. The van der Waals surface area contributed by atoms with E-state index >= 15 is 0 Å². The molecule has 0 bridgehead atoms. The highest BCUT2D eigenvalue weighted by molar-refractivity contribution is 6.03. The third-order valence-electron chi connectivity index (χ3n) is 6.25. The Morgan fingerprint density at radius 1 is 0.921 bits per heavy atom. The number of alkyl halides is 6. The number of aliphatic hydroxyl groups excluding tert-OH is 1. The monoisotopic (exact) mass is 539 g/mol. The molecular formula is C27H27F6N3O2. The summed E-state index contributed by atoms with van der Waals surface area (Å²) in [7, 11) is 1.39. The van der Waals surface area contributed by atoms with Crippen molar-refractivity contribution in [1.82, 2.24) is 4.98 Å². The van der Waals surface area contributed by atoms with Crippen molar-refractivity contribution in [2.75, 3.05) is 30.4 Å². The predicted molar refractivity (Wildman–Crippen MR) is 133 cm³/mol. The van der Waals surface area contributed by atoms with Crippen molar-refractivity contribution in [2.24, 2.45) is 0 Å². The first-order chi connectivity index (χ1) is 17.6. The first kappa shape index (κ1) is 29.0. The third-order valence-corrected chi connectivity index (χ3v) is 6.25. The van der Waals surface area contributed by atoms with Crippen LogP contribution in [0.25, 0.3) is 11.1 Å². The molecule has 3 aromatic rings. The molecule has 11 heteroatoms. The summed E-state index contributed by atoms with van der Waals surface area (Å²) >= 11 is 0. The molecule has 38 heavy (non-hydrogen) atoms. The molecule has 0 saturated heterocycles. The second kappa shape index (κ2) is 10.6. The van der Waals surface area contributed by atoms with Crippen molar-refractivity contribution in [2.45, 2.75) is 38.5 Å². The Labute approximate surface area is 216 Å². The van der Waals surface area contributed by atoms with Gasteiger partial charge in [0.05, 0.1) is 35.0 Å². The number of carbonyl (C=O) groups is 1. The summed E-state index contributed by atoms with van der Waals surface area (Å²) < 4.78 is 80.8. The average Bonchev–Trinajstić information content (AvgIpc) is 2.85. The minimum absolute atomic E-state index is 0.0338. The molecule has 3 rings (SSSR count). The lowest BCUT2D eigenvalue weighted by Gasteiger charge is -2.32. The van der Waals surface area contributed by atoms with E-state index in [9.17, 15) is 31.1 Å². The number of likely N-dealkylation sites (N-methyl/N-ethyl adjacent to an activating group) is 1. The van der Waals surface area contributed by atoms with Gasteiger partial charge in [0.1, 0.15) is 5.82 Å². The highest BCUT2D eigenvalue weighted by atomic mass is 19.4. The van der Waals surface area contributed by atoms with E-state index in [4.69, 9.17) is 5.11 Å². The summed E-state index contributed by atoms with van der Waals surface area (Å²) in [6.45, 7) is 4.48. The number of anilines is 2. The molecule has 0 saturated carbocycles. The normalized spacial score (nSPS) is 12.4. The van der Waals surface area contributed by atoms with Gasteiger partial charge >= 0.3 is 12.4 Å². The number of nitrogens with one attached hydrogen (secondary N) is 1. The van der Waals surface area contributed by atoms with Gasteiger partial charge in [-0.2, -0.15) is 26.3 Å². The SMILES string of the molecule is Cc1ccccc1-c1cc(NCCO)ncc1N(C)C(=O)C(C)(C)c1cc(C(F)(F)F)cc(C(F)(F)F)c1. The fourth-order valence-corrected chi connectivity index (χ4v) is 4.05. The Hall–Kier alpha value is -3.60. The van der Waals surface area contributed by atoms with Crippen LogP contribution in [0.15, 0.2) is 54.7 Å². The van der Waals surface area contributed by atoms with Crippen LogP contribution in [0.2, 0.25) is 0 Å². The fraction of sp³-hybridized carbons (Fsp3) is 0.333. The smallest absolute Gasteiger partial charge is 0.395 e. The van der Waals surface area contributed by atoms with E-state index in [2.05, 4.69) is 10.3 Å². The van der Waals surface area contributed by atoms with E-state index in [0.717, 1.165) is 11.1 Å². The van der Waals surface area contributed by atoms with Crippen molar-refractivity contribution >= 4 is 17.4 Å². The summed E-state index contributed by atoms with van der Waals surface area (Å²) in [5, 5.41) is 12.1. The number of aromatic nitrogens is 1. The van der Waals surface area contributed by atoms with Gasteiger partial charge in [-0.05, 0) is 61.7 Å². The molecule has 1 heterocycles. The van der Waals surface area contributed by atoms with Crippen LogP contribution in [-0.4, -0.2) is 36.2 Å². The first-order valence-electron chi connectivity index (χ1n) is 11.6. The Bertz CT molecular complexity index is 1290. The molecule has 0 atom stereocenters. The van der Waals surface area contributed by atoms with Gasteiger partial charge in [-0.15, -0.1) is 0 Å². The van der Waals surface area contributed by atoms with E-state index in [-0.39, 0.29) is 19.2 Å². The molecule has 5 nitrogen and oxygen atoms in total. The van der Waals surface area contributed by atoms with Gasteiger partial charge in [-0.25, -0.2) is 4.98 Å². The molecule has 0 fully saturated rings. The molecule has 0 aliphatic carbocycles. The van der Waals surface area contributed by atoms with E-state index in [1.807, 2.05) is 25.1 Å². The van der Waals surface area contributed by atoms with Crippen molar-refractivity contribution in [3.8, 4) is 11.1 Å². The molecule has 0 spiro atoms. The predicted octanol–water partition coefficient (Wildman–Crippen LogP) is 6.44. The summed E-state index contributed by atoms with van der Waals surface area (Å²) in [4.78, 5) is 19.1. The molecule has 1 amide bonds. The van der Waals surface area contributed by atoms with Gasteiger partial charge < -0.3 is 15.3 Å². The number of nitrogens with zero attached hydrogens (tertiary/aromatic N) is 2. The summed E-state index contributed by atoms with van der Waals surface area (Å²) in [6.07, 6.45) is -8.69. The standard InChI is InChI=1S/C27H27F6N3O2/c1-16-7-5-6-8-20(16)21-14-23(34-9-10-37)35-15-22(21)36(4)24(38)25(2,3)17-11-18(26(28,29)30)13-19(12-17)27(31,32)33/h5-8,11-15,37H,9-10H2,1-4H3,(H,34,35). The quantitative estimate of drug-likeness (QED) is 0.339. The van der Waals surface area contributed by atoms with Crippen molar-refractivity contribution in [3.63, 3.8) is 0 Å². The minimum atomic E-state index is -5.04. The zero-order valence-corrected chi connectivity index (χ0v) is 21.1. The van der Waals surface area contributed by atoms with Crippen LogP contribution in [0.1, 0.15) is 36.1 Å².